The Morgan fingerprint density at radius 3 is 2.84 bits per heavy atom. The normalized spacial score (nSPS) is 21.8. The Morgan fingerprint density at radius 2 is 2.06 bits per heavy atom. The zero-order valence-corrected chi connectivity index (χ0v) is 17.5. The van der Waals surface area contributed by atoms with Gasteiger partial charge in [-0.1, -0.05) is 6.08 Å². The van der Waals surface area contributed by atoms with Gasteiger partial charge in [-0.3, -0.25) is 4.68 Å². The lowest BCUT2D eigenvalue weighted by molar-refractivity contribution is 0.108. The van der Waals surface area contributed by atoms with Crippen molar-refractivity contribution < 1.29 is 9.52 Å². The lowest BCUT2D eigenvalue weighted by atomic mass is 9.93. The Bertz CT molecular complexity index is 1200. The Morgan fingerprint density at radius 1 is 1.26 bits per heavy atom. The van der Waals surface area contributed by atoms with Crippen LogP contribution in [0.15, 0.2) is 47.0 Å². The highest BCUT2D eigenvalue weighted by molar-refractivity contribution is 6.00. The van der Waals surface area contributed by atoms with Gasteiger partial charge in [-0.15, -0.1) is 0 Å². The van der Waals surface area contributed by atoms with Gasteiger partial charge in [-0.25, -0.2) is 4.98 Å². The SMILES string of the molecule is CN1C=CCC(c2cc3c(-c4cnn(C5CCC(O)CC5)c4)cnc(N)c3o2)=C1C=N. The van der Waals surface area contributed by atoms with E-state index in [1.165, 1.54) is 6.21 Å². The number of pyridine rings is 1. The highest BCUT2D eigenvalue weighted by atomic mass is 16.3. The number of hydrogen-bond donors (Lipinski definition) is 3. The first-order valence-electron chi connectivity index (χ1n) is 10.6. The first-order valence-corrected chi connectivity index (χ1v) is 10.6. The third-order valence-corrected chi connectivity index (χ3v) is 6.31. The van der Waals surface area contributed by atoms with Crippen LogP contribution in [0.3, 0.4) is 0 Å². The summed E-state index contributed by atoms with van der Waals surface area (Å²) in [6.45, 7) is 0. The predicted octanol–water partition coefficient (Wildman–Crippen LogP) is 3.96. The fourth-order valence-corrected chi connectivity index (χ4v) is 4.56. The molecule has 1 aliphatic heterocycles. The molecule has 3 aromatic rings. The number of aliphatic hydroxyl groups is 1. The van der Waals surface area contributed by atoms with Crippen LogP contribution in [0.5, 0.6) is 0 Å². The van der Waals surface area contributed by atoms with Gasteiger partial charge in [0.05, 0.1) is 24.0 Å². The summed E-state index contributed by atoms with van der Waals surface area (Å²) in [5, 5.41) is 23.1. The molecule has 0 unspecified atom stereocenters. The van der Waals surface area contributed by atoms with Gasteiger partial charge >= 0.3 is 0 Å². The zero-order chi connectivity index (χ0) is 21.5. The van der Waals surface area contributed by atoms with E-state index < -0.39 is 0 Å². The van der Waals surface area contributed by atoms with Crippen LogP contribution in [-0.4, -0.2) is 44.1 Å². The standard InChI is InChI=1S/C23H26N6O2/c1-28-8-2-3-17(20(28)10-24)21-9-18-19(12-26-23(25)22(18)31-21)14-11-27-29(13-14)15-4-6-16(30)7-5-15/h2,8-13,15-16,24,30H,3-7H2,1H3,(H2,25,26). The van der Waals surface area contributed by atoms with Gasteiger partial charge in [0.25, 0.3) is 0 Å². The van der Waals surface area contributed by atoms with Crippen molar-refractivity contribution in [3.8, 4) is 11.1 Å². The number of hydrogen-bond acceptors (Lipinski definition) is 7. The Balaban J connectivity index is 1.55. The minimum Gasteiger partial charge on any atom is -0.452 e. The van der Waals surface area contributed by atoms with Crippen LogP contribution in [-0.2, 0) is 0 Å². The minimum atomic E-state index is -0.189. The second-order valence-electron chi connectivity index (χ2n) is 8.29. The van der Waals surface area contributed by atoms with Gasteiger partial charge in [0, 0.05) is 53.9 Å². The smallest absolute Gasteiger partial charge is 0.177 e. The quantitative estimate of drug-likeness (QED) is 0.552. The van der Waals surface area contributed by atoms with Crippen molar-refractivity contribution >= 4 is 28.6 Å². The van der Waals surface area contributed by atoms with Crippen LogP contribution >= 0.6 is 0 Å². The van der Waals surface area contributed by atoms with Crippen molar-refractivity contribution in [2.24, 2.45) is 0 Å². The summed E-state index contributed by atoms with van der Waals surface area (Å²) in [5.41, 5.74) is 10.3. The number of nitrogens with zero attached hydrogens (tertiary/aromatic N) is 4. The van der Waals surface area contributed by atoms with Crippen molar-refractivity contribution in [1.29, 1.82) is 5.41 Å². The topological polar surface area (TPSA) is 117 Å². The number of allylic oxidation sites excluding steroid dienone is 3. The molecule has 3 aromatic heterocycles. The van der Waals surface area contributed by atoms with Gasteiger partial charge in [0.15, 0.2) is 11.4 Å². The van der Waals surface area contributed by atoms with Gasteiger partial charge < -0.3 is 25.6 Å². The average Bonchev–Trinajstić information content (AvgIpc) is 3.43. The predicted molar refractivity (Wildman–Crippen MR) is 120 cm³/mol. The average molecular weight is 419 g/mol. The van der Waals surface area contributed by atoms with Crippen LogP contribution in [0, 0.1) is 5.41 Å². The molecule has 8 nitrogen and oxygen atoms in total. The number of nitrogens with two attached hydrogens (primary N) is 1. The number of aliphatic hydroxyl groups excluding tert-OH is 1. The van der Waals surface area contributed by atoms with Crippen LogP contribution < -0.4 is 5.73 Å². The van der Waals surface area contributed by atoms with E-state index in [0.29, 0.717) is 29.6 Å². The maximum Gasteiger partial charge on any atom is 0.177 e. The number of fused-ring (bicyclic) bond motifs is 1. The number of aromatic nitrogens is 3. The van der Waals surface area contributed by atoms with Gasteiger partial charge in [0.1, 0.15) is 5.76 Å². The highest BCUT2D eigenvalue weighted by Gasteiger charge is 2.23. The van der Waals surface area contributed by atoms with Gasteiger partial charge in [-0.2, -0.15) is 5.10 Å². The molecule has 0 atom stereocenters. The maximum absolute atomic E-state index is 9.78. The second kappa shape index (κ2) is 7.70. The van der Waals surface area contributed by atoms with E-state index in [4.69, 9.17) is 15.6 Å². The maximum atomic E-state index is 9.78. The molecule has 0 radical (unpaired) electrons. The van der Waals surface area contributed by atoms with E-state index in [0.717, 1.165) is 53.5 Å². The fourth-order valence-electron chi connectivity index (χ4n) is 4.56. The largest absolute Gasteiger partial charge is 0.452 e. The minimum absolute atomic E-state index is 0.189. The molecule has 160 valence electrons. The fraction of sp³-hybridized carbons (Fsp3) is 0.348. The van der Waals surface area contributed by atoms with Gasteiger partial charge in [-0.05, 0) is 38.2 Å². The molecule has 0 amide bonds. The molecule has 0 aromatic carbocycles. The molecule has 4 heterocycles. The summed E-state index contributed by atoms with van der Waals surface area (Å²) in [4.78, 5) is 6.27. The number of nitrogens with one attached hydrogen (secondary N) is 1. The van der Waals surface area contributed by atoms with Crippen LogP contribution in [0.25, 0.3) is 27.7 Å². The number of furan rings is 1. The van der Waals surface area contributed by atoms with E-state index in [2.05, 4.69) is 10.1 Å². The molecule has 0 bridgehead atoms. The third kappa shape index (κ3) is 3.42. The van der Waals surface area contributed by atoms with Crippen LogP contribution in [0.2, 0.25) is 0 Å². The number of rotatable bonds is 4. The highest BCUT2D eigenvalue weighted by Crippen LogP contribution is 2.38. The molecule has 8 heteroatoms. The summed E-state index contributed by atoms with van der Waals surface area (Å²) in [6, 6.07) is 2.29. The lowest BCUT2D eigenvalue weighted by Crippen LogP contribution is -2.21. The van der Waals surface area contributed by atoms with E-state index in [9.17, 15) is 5.11 Å². The zero-order valence-electron chi connectivity index (χ0n) is 17.5. The molecule has 1 fully saturated rings. The monoisotopic (exact) mass is 418 g/mol. The molecule has 4 N–H and O–H groups in total. The van der Waals surface area contributed by atoms with E-state index in [-0.39, 0.29) is 6.10 Å². The van der Waals surface area contributed by atoms with Crippen molar-refractivity contribution in [1.82, 2.24) is 19.7 Å². The number of nitrogen functional groups attached to an aromatic ring is 1. The summed E-state index contributed by atoms with van der Waals surface area (Å²) in [5.74, 6) is 1.04. The molecular weight excluding hydrogens is 392 g/mol. The van der Waals surface area contributed by atoms with Gasteiger partial charge in [0.2, 0.25) is 0 Å². The van der Waals surface area contributed by atoms with E-state index in [1.54, 1.807) is 6.20 Å². The molecule has 0 spiro atoms. The summed E-state index contributed by atoms with van der Waals surface area (Å²) in [7, 11) is 1.92. The van der Waals surface area contributed by atoms with E-state index >= 15 is 0 Å². The molecule has 1 aliphatic carbocycles. The van der Waals surface area contributed by atoms with Crippen LogP contribution in [0.4, 0.5) is 5.82 Å². The summed E-state index contributed by atoms with van der Waals surface area (Å²) >= 11 is 0. The first-order chi connectivity index (χ1) is 15.0. The first kappa shape index (κ1) is 19.6. The van der Waals surface area contributed by atoms with E-state index in [1.807, 2.05) is 47.4 Å². The van der Waals surface area contributed by atoms with Crippen molar-refractivity contribution in [3.63, 3.8) is 0 Å². The molecular formula is C23H26N6O2. The molecule has 0 saturated heterocycles. The Kier molecular flexibility index (Phi) is 4.86. The molecule has 2 aliphatic rings. The summed E-state index contributed by atoms with van der Waals surface area (Å²) in [6.07, 6.45) is 15.0. The van der Waals surface area contributed by atoms with Crippen molar-refractivity contribution in [2.45, 2.75) is 44.2 Å². The van der Waals surface area contributed by atoms with Crippen molar-refractivity contribution in [3.05, 3.63) is 48.4 Å². The molecule has 31 heavy (non-hydrogen) atoms. The summed E-state index contributed by atoms with van der Waals surface area (Å²) < 4.78 is 8.15. The lowest BCUT2D eigenvalue weighted by Gasteiger charge is -2.25. The Labute approximate surface area is 180 Å². The Hall–Kier alpha value is -3.39. The van der Waals surface area contributed by atoms with Crippen LogP contribution in [0.1, 0.15) is 43.9 Å². The third-order valence-electron chi connectivity index (χ3n) is 6.31. The molecule has 1 saturated carbocycles. The van der Waals surface area contributed by atoms with Crippen molar-refractivity contribution in [2.75, 3.05) is 12.8 Å². The number of anilines is 1. The molecule has 5 rings (SSSR count). The second-order valence-corrected chi connectivity index (χ2v) is 8.29.